The molecule has 6 heteroatoms. The number of nitrogens with one attached hydrogen (secondary N) is 2. The summed E-state index contributed by atoms with van der Waals surface area (Å²) in [5, 5.41) is 3.02. The molecule has 0 amide bonds. The molecule has 1 aromatic heterocycles. The van der Waals surface area contributed by atoms with Gasteiger partial charge < -0.3 is 9.88 Å². The van der Waals surface area contributed by atoms with Crippen LogP contribution in [0.3, 0.4) is 0 Å². The third-order valence-corrected chi connectivity index (χ3v) is 4.09. The molecule has 19 heavy (non-hydrogen) atoms. The third kappa shape index (κ3) is 3.15. The van der Waals surface area contributed by atoms with Gasteiger partial charge in [0, 0.05) is 26.0 Å². The second-order valence-corrected chi connectivity index (χ2v) is 5.99. The number of aryl methyl sites for hydroxylation is 1. The van der Waals surface area contributed by atoms with E-state index >= 15 is 0 Å². The number of benzene rings is 1. The van der Waals surface area contributed by atoms with Crippen molar-refractivity contribution in [2.75, 3.05) is 11.8 Å². The molecule has 0 aliphatic rings. The van der Waals surface area contributed by atoms with Crippen LogP contribution in [0.5, 0.6) is 0 Å². The van der Waals surface area contributed by atoms with Crippen LogP contribution >= 0.6 is 0 Å². The highest BCUT2D eigenvalue weighted by molar-refractivity contribution is 7.92. The topological polar surface area (TPSA) is 63.1 Å². The van der Waals surface area contributed by atoms with E-state index < -0.39 is 10.0 Å². The van der Waals surface area contributed by atoms with E-state index in [4.69, 9.17) is 0 Å². The maximum Gasteiger partial charge on any atom is 0.263 e. The van der Waals surface area contributed by atoms with Crippen LogP contribution < -0.4 is 10.0 Å². The minimum absolute atomic E-state index is 0.259. The van der Waals surface area contributed by atoms with Crippen molar-refractivity contribution in [1.82, 2.24) is 9.88 Å². The highest BCUT2D eigenvalue weighted by Crippen LogP contribution is 2.20. The second-order valence-electron chi connectivity index (χ2n) is 4.31. The number of hydrogen-bond acceptors (Lipinski definition) is 3. The van der Waals surface area contributed by atoms with Crippen LogP contribution in [0.1, 0.15) is 5.56 Å². The Balaban J connectivity index is 2.30. The van der Waals surface area contributed by atoms with E-state index in [1.165, 1.54) is 0 Å². The summed E-state index contributed by atoms with van der Waals surface area (Å²) in [7, 11) is 0.0757. The molecular formula is C13H17N3O2S. The van der Waals surface area contributed by atoms with Gasteiger partial charge in [-0.2, -0.15) is 0 Å². The summed E-state index contributed by atoms with van der Waals surface area (Å²) in [5.41, 5.74) is 1.50. The molecule has 0 saturated heterocycles. The Morgan fingerprint density at radius 1 is 1.21 bits per heavy atom. The summed E-state index contributed by atoms with van der Waals surface area (Å²) < 4.78 is 28.8. The summed E-state index contributed by atoms with van der Waals surface area (Å²) in [6.07, 6.45) is 3.27. The van der Waals surface area contributed by atoms with Gasteiger partial charge >= 0.3 is 0 Å². The molecule has 1 aromatic carbocycles. The highest BCUT2D eigenvalue weighted by atomic mass is 32.2. The van der Waals surface area contributed by atoms with Gasteiger partial charge in [-0.25, -0.2) is 8.42 Å². The van der Waals surface area contributed by atoms with E-state index in [0.29, 0.717) is 12.2 Å². The van der Waals surface area contributed by atoms with Crippen molar-refractivity contribution in [2.24, 2.45) is 7.05 Å². The van der Waals surface area contributed by atoms with Gasteiger partial charge in [0.25, 0.3) is 10.0 Å². The molecule has 0 spiro atoms. The lowest BCUT2D eigenvalue weighted by atomic mass is 10.2. The highest BCUT2D eigenvalue weighted by Gasteiger charge is 2.16. The van der Waals surface area contributed by atoms with E-state index in [9.17, 15) is 8.42 Å². The lowest BCUT2D eigenvalue weighted by molar-refractivity contribution is 0.601. The maximum absolute atomic E-state index is 12.2. The molecule has 0 saturated carbocycles. The smallest absolute Gasteiger partial charge is 0.263 e. The molecule has 102 valence electrons. The zero-order valence-electron chi connectivity index (χ0n) is 10.9. The van der Waals surface area contributed by atoms with E-state index in [1.807, 2.05) is 25.2 Å². The third-order valence-electron chi connectivity index (χ3n) is 2.74. The van der Waals surface area contributed by atoms with Crippen molar-refractivity contribution >= 4 is 15.7 Å². The predicted octanol–water partition coefficient (Wildman–Crippen LogP) is 1.55. The van der Waals surface area contributed by atoms with Crippen molar-refractivity contribution in [3.05, 3.63) is 48.3 Å². The van der Waals surface area contributed by atoms with Gasteiger partial charge in [0.05, 0.1) is 5.69 Å². The molecule has 2 N–H and O–H groups in total. The SMILES string of the molecule is CNCc1ccccc1NS(=O)(=O)c1ccn(C)c1. The van der Waals surface area contributed by atoms with Gasteiger partial charge in [0.2, 0.25) is 0 Å². The van der Waals surface area contributed by atoms with E-state index in [0.717, 1.165) is 5.56 Å². The van der Waals surface area contributed by atoms with Crippen LogP contribution in [0.25, 0.3) is 0 Å². The summed E-state index contributed by atoms with van der Waals surface area (Å²) in [6, 6.07) is 8.91. The Kier molecular flexibility index (Phi) is 3.92. The normalized spacial score (nSPS) is 11.5. The number of rotatable bonds is 5. The fraction of sp³-hybridized carbons (Fsp3) is 0.231. The molecule has 0 unspecified atom stereocenters. The Morgan fingerprint density at radius 3 is 2.58 bits per heavy atom. The van der Waals surface area contributed by atoms with Gasteiger partial charge in [-0.05, 0) is 24.7 Å². The molecule has 5 nitrogen and oxygen atoms in total. The van der Waals surface area contributed by atoms with Crippen molar-refractivity contribution in [3.63, 3.8) is 0 Å². The predicted molar refractivity (Wildman–Crippen MR) is 75.4 cm³/mol. The molecule has 2 aromatic rings. The first-order valence-electron chi connectivity index (χ1n) is 5.90. The van der Waals surface area contributed by atoms with Crippen molar-refractivity contribution in [1.29, 1.82) is 0 Å². The Labute approximate surface area is 113 Å². The molecular weight excluding hydrogens is 262 g/mol. The Morgan fingerprint density at radius 2 is 1.95 bits per heavy atom. The number of nitrogens with zero attached hydrogens (tertiary/aromatic N) is 1. The van der Waals surface area contributed by atoms with Gasteiger partial charge in [0.15, 0.2) is 0 Å². The van der Waals surface area contributed by atoms with Crippen LogP contribution in [-0.2, 0) is 23.6 Å². The van der Waals surface area contributed by atoms with Gasteiger partial charge in [-0.1, -0.05) is 18.2 Å². The summed E-state index contributed by atoms with van der Waals surface area (Å²) >= 11 is 0. The molecule has 0 radical (unpaired) electrons. The van der Waals surface area contributed by atoms with Crippen LogP contribution in [0, 0.1) is 0 Å². The monoisotopic (exact) mass is 279 g/mol. The molecule has 1 heterocycles. The van der Waals surface area contributed by atoms with Gasteiger partial charge in [0.1, 0.15) is 4.90 Å². The summed E-state index contributed by atoms with van der Waals surface area (Å²) in [5.74, 6) is 0. The average Bonchev–Trinajstić information content (AvgIpc) is 2.79. The fourth-order valence-electron chi connectivity index (χ4n) is 1.80. The zero-order valence-corrected chi connectivity index (χ0v) is 11.7. The minimum Gasteiger partial charge on any atom is -0.356 e. The number of anilines is 1. The van der Waals surface area contributed by atoms with Gasteiger partial charge in [-0.3, -0.25) is 4.72 Å². The van der Waals surface area contributed by atoms with Crippen LogP contribution in [0.4, 0.5) is 5.69 Å². The van der Waals surface area contributed by atoms with Gasteiger partial charge in [-0.15, -0.1) is 0 Å². The summed E-state index contributed by atoms with van der Waals surface area (Å²) in [4.78, 5) is 0.259. The average molecular weight is 279 g/mol. The van der Waals surface area contributed by atoms with Crippen LogP contribution in [0.2, 0.25) is 0 Å². The molecule has 0 bridgehead atoms. The first-order chi connectivity index (χ1) is 9.03. The van der Waals surface area contributed by atoms with Crippen molar-refractivity contribution < 1.29 is 8.42 Å². The number of sulfonamides is 1. The maximum atomic E-state index is 12.2. The van der Waals surface area contributed by atoms with Crippen LogP contribution in [-0.4, -0.2) is 20.0 Å². The van der Waals surface area contributed by atoms with Crippen molar-refractivity contribution in [3.8, 4) is 0 Å². The van der Waals surface area contributed by atoms with E-state index in [2.05, 4.69) is 10.0 Å². The summed E-state index contributed by atoms with van der Waals surface area (Å²) in [6.45, 7) is 0.605. The Bertz CT molecular complexity index is 662. The second kappa shape index (κ2) is 5.46. The van der Waals surface area contributed by atoms with E-state index in [-0.39, 0.29) is 4.90 Å². The van der Waals surface area contributed by atoms with Crippen molar-refractivity contribution in [2.45, 2.75) is 11.4 Å². The largest absolute Gasteiger partial charge is 0.356 e. The quantitative estimate of drug-likeness (QED) is 0.873. The molecule has 0 aliphatic carbocycles. The first kappa shape index (κ1) is 13.6. The number of aromatic nitrogens is 1. The lowest BCUT2D eigenvalue weighted by Gasteiger charge is -2.11. The fourth-order valence-corrected chi connectivity index (χ4v) is 2.96. The van der Waals surface area contributed by atoms with Crippen LogP contribution in [0.15, 0.2) is 47.6 Å². The van der Waals surface area contributed by atoms with E-state index in [1.54, 1.807) is 36.1 Å². The minimum atomic E-state index is -3.53. The molecule has 0 atom stereocenters. The Hall–Kier alpha value is -1.79. The molecule has 2 rings (SSSR count). The number of hydrogen-bond donors (Lipinski definition) is 2. The molecule has 0 aliphatic heterocycles. The standard InChI is InChI=1S/C13H17N3O2S/c1-14-9-11-5-3-4-6-13(11)15-19(17,18)12-7-8-16(2)10-12/h3-8,10,14-15H,9H2,1-2H3. The number of para-hydroxylation sites is 1. The lowest BCUT2D eigenvalue weighted by Crippen LogP contribution is -2.15. The first-order valence-corrected chi connectivity index (χ1v) is 7.38. The zero-order chi connectivity index (χ0) is 13.9. The molecule has 0 fully saturated rings.